The predicted octanol–water partition coefficient (Wildman–Crippen LogP) is 4.54. The number of nitrogens with zero attached hydrogens (tertiary/aromatic N) is 1. The van der Waals surface area contributed by atoms with Gasteiger partial charge in [0.25, 0.3) is 5.91 Å². The number of aromatic nitrogens is 1. The van der Waals surface area contributed by atoms with Crippen LogP contribution in [0.5, 0.6) is 11.5 Å². The van der Waals surface area contributed by atoms with Crippen LogP contribution in [0.3, 0.4) is 0 Å². The Kier molecular flexibility index (Phi) is 5.61. The molecule has 0 bridgehead atoms. The molecule has 27 heavy (non-hydrogen) atoms. The molecule has 136 valence electrons. The predicted molar refractivity (Wildman–Crippen MR) is 103 cm³/mol. The number of carbonyl (C=O) groups is 1. The molecule has 0 unspecified atom stereocenters. The van der Waals surface area contributed by atoms with E-state index in [0.717, 1.165) is 5.56 Å². The van der Waals surface area contributed by atoms with Gasteiger partial charge >= 0.3 is 0 Å². The first-order valence-electron chi connectivity index (χ1n) is 8.50. The number of benzene rings is 2. The van der Waals surface area contributed by atoms with Crippen LogP contribution in [0.2, 0.25) is 0 Å². The Hall–Kier alpha value is -3.47. The standard InChI is InChI=1S/C22H19FN2O2/c1-2-16-10-11-17(9-8-15-12-13-25-19(14-15)22(24)26)20(23)21(16)27-18-6-4-3-5-7-18/h2-7,10-14H,1,8-9H2,(H2,24,26). The first-order valence-corrected chi connectivity index (χ1v) is 8.50. The SMILES string of the molecule is C=Cc1ccc(CCc2ccnc(C(N)=O)c2)c(F)c1Oc1ccccc1. The first-order chi connectivity index (χ1) is 13.1. The van der Waals surface area contributed by atoms with Gasteiger partial charge < -0.3 is 10.5 Å². The molecule has 3 rings (SSSR count). The van der Waals surface area contributed by atoms with Crippen molar-refractivity contribution < 1.29 is 13.9 Å². The monoisotopic (exact) mass is 362 g/mol. The van der Waals surface area contributed by atoms with E-state index in [0.29, 0.717) is 29.7 Å². The Morgan fingerprint density at radius 2 is 1.93 bits per heavy atom. The highest BCUT2D eigenvalue weighted by Gasteiger charge is 2.15. The van der Waals surface area contributed by atoms with Crippen LogP contribution in [-0.2, 0) is 12.8 Å². The van der Waals surface area contributed by atoms with Crippen LogP contribution in [0.15, 0.2) is 67.4 Å². The van der Waals surface area contributed by atoms with Crippen molar-refractivity contribution in [3.8, 4) is 11.5 Å². The van der Waals surface area contributed by atoms with E-state index in [4.69, 9.17) is 10.5 Å². The number of para-hydroxylation sites is 1. The summed E-state index contributed by atoms with van der Waals surface area (Å²) >= 11 is 0. The van der Waals surface area contributed by atoms with Crippen molar-refractivity contribution in [2.24, 2.45) is 5.73 Å². The van der Waals surface area contributed by atoms with Gasteiger partial charge in [0, 0.05) is 11.8 Å². The number of amides is 1. The molecule has 0 aliphatic carbocycles. The summed E-state index contributed by atoms with van der Waals surface area (Å²) in [5, 5.41) is 0. The Balaban J connectivity index is 1.84. The zero-order valence-corrected chi connectivity index (χ0v) is 14.7. The zero-order valence-electron chi connectivity index (χ0n) is 14.7. The van der Waals surface area contributed by atoms with Gasteiger partial charge in [-0.2, -0.15) is 0 Å². The van der Waals surface area contributed by atoms with E-state index in [1.165, 1.54) is 6.20 Å². The van der Waals surface area contributed by atoms with E-state index in [1.807, 2.05) is 18.2 Å². The van der Waals surface area contributed by atoms with Crippen LogP contribution in [0, 0.1) is 5.82 Å². The second-order valence-electron chi connectivity index (χ2n) is 5.99. The van der Waals surface area contributed by atoms with Gasteiger partial charge in [-0.05, 0) is 48.2 Å². The van der Waals surface area contributed by atoms with Crippen LogP contribution in [0.1, 0.15) is 27.2 Å². The summed E-state index contributed by atoms with van der Waals surface area (Å²) in [5.41, 5.74) is 7.41. The third-order valence-corrected chi connectivity index (χ3v) is 4.15. The Bertz CT molecular complexity index is 971. The molecule has 0 radical (unpaired) electrons. The fourth-order valence-corrected chi connectivity index (χ4v) is 2.72. The Morgan fingerprint density at radius 3 is 2.63 bits per heavy atom. The second-order valence-corrected chi connectivity index (χ2v) is 5.99. The molecule has 0 spiro atoms. The molecule has 0 atom stereocenters. The molecule has 0 saturated heterocycles. The first kappa shape index (κ1) is 18.3. The lowest BCUT2D eigenvalue weighted by Crippen LogP contribution is -2.13. The maximum atomic E-state index is 15.1. The summed E-state index contributed by atoms with van der Waals surface area (Å²) in [6, 6.07) is 16.0. The number of rotatable bonds is 7. The largest absolute Gasteiger partial charge is 0.454 e. The van der Waals surface area contributed by atoms with Gasteiger partial charge in [-0.15, -0.1) is 0 Å². The normalized spacial score (nSPS) is 10.4. The molecule has 0 saturated carbocycles. The summed E-state index contributed by atoms with van der Waals surface area (Å²) in [7, 11) is 0. The van der Waals surface area contributed by atoms with E-state index in [1.54, 1.807) is 42.5 Å². The van der Waals surface area contributed by atoms with E-state index >= 15 is 4.39 Å². The number of nitrogens with two attached hydrogens (primary N) is 1. The fraction of sp³-hybridized carbons (Fsp3) is 0.0909. The third-order valence-electron chi connectivity index (χ3n) is 4.15. The second kappa shape index (κ2) is 8.27. The molecule has 1 aromatic heterocycles. The molecular formula is C22H19FN2O2. The number of hydrogen-bond donors (Lipinski definition) is 1. The highest BCUT2D eigenvalue weighted by molar-refractivity contribution is 5.90. The maximum Gasteiger partial charge on any atom is 0.267 e. The molecule has 0 aliphatic rings. The Labute approximate surface area is 157 Å². The highest BCUT2D eigenvalue weighted by atomic mass is 19.1. The number of halogens is 1. The molecule has 1 amide bonds. The average molecular weight is 362 g/mol. The minimum absolute atomic E-state index is 0.154. The van der Waals surface area contributed by atoms with Gasteiger partial charge in [0.1, 0.15) is 11.4 Å². The van der Waals surface area contributed by atoms with Crippen LogP contribution >= 0.6 is 0 Å². The van der Waals surface area contributed by atoms with Gasteiger partial charge in [0.05, 0.1) is 0 Å². The highest BCUT2D eigenvalue weighted by Crippen LogP contribution is 2.31. The number of carbonyl (C=O) groups excluding carboxylic acids is 1. The molecule has 2 aromatic carbocycles. The quantitative estimate of drug-likeness (QED) is 0.671. The number of aryl methyl sites for hydroxylation is 2. The van der Waals surface area contributed by atoms with Crippen LogP contribution in [0.4, 0.5) is 4.39 Å². The minimum Gasteiger partial charge on any atom is -0.454 e. The van der Waals surface area contributed by atoms with Gasteiger partial charge in [-0.25, -0.2) is 4.39 Å². The van der Waals surface area contributed by atoms with Gasteiger partial charge in [-0.1, -0.05) is 43.0 Å². The molecule has 5 heteroatoms. The maximum absolute atomic E-state index is 15.1. The van der Waals surface area contributed by atoms with E-state index in [2.05, 4.69) is 11.6 Å². The van der Waals surface area contributed by atoms with Crippen LogP contribution in [-0.4, -0.2) is 10.9 Å². The average Bonchev–Trinajstić information content (AvgIpc) is 2.69. The van der Waals surface area contributed by atoms with E-state index < -0.39 is 11.7 Å². The van der Waals surface area contributed by atoms with Gasteiger partial charge in [-0.3, -0.25) is 9.78 Å². The molecule has 1 heterocycles. The molecule has 0 fully saturated rings. The van der Waals surface area contributed by atoms with E-state index in [-0.39, 0.29) is 11.4 Å². The lowest BCUT2D eigenvalue weighted by molar-refractivity contribution is 0.0995. The summed E-state index contributed by atoms with van der Waals surface area (Å²) < 4.78 is 20.8. The number of ether oxygens (including phenoxy) is 1. The number of pyridine rings is 1. The number of primary amides is 1. The molecule has 3 aromatic rings. The summed E-state index contributed by atoms with van der Waals surface area (Å²) in [5.74, 6) is -0.296. The molecule has 2 N–H and O–H groups in total. The number of hydrogen-bond acceptors (Lipinski definition) is 3. The smallest absolute Gasteiger partial charge is 0.267 e. The van der Waals surface area contributed by atoms with Crippen LogP contribution in [0.25, 0.3) is 6.08 Å². The summed E-state index contributed by atoms with van der Waals surface area (Å²) in [6.45, 7) is 3.73. The fourth-order valence-electron chi connectivity index (χ4n) is 2.72. The molecule has 4 nitrogen and oxygen atoms in total. The summed E-state index contributed by atoms with van der Waals surface area (Å²) in [4.78, 5) is 15.2. The van der Waals surface area contributed by atoms with Crippen LogP contribution < -0.4 is 10.5 Å². The zero-order chi connectivity index (χ0) is 19.2. The Morgan fingerprint density at radius 1 is 1.15 bits per heavy atom. The van der Waals surface area contributed by atoms with Crippen molar-refractivity contribution >= 4 is 12.0 Å². The van der Waals surface area contributed by atoms with Crippen molar-refractivity contribution in [3.63, 3.8) is 0 Å². The summed E-state index contributed by atoms with van der Waals surface area (Å²) in [6.07, 6.45) is 4.07. The third kappa shape index (κ3) is 4.39. The minimum atomic E-state index is -0.586. The van der Waals surface area contributed by atoms with Crippen molar-refractivity contribution in [1.82, 2.24) is 4.98 Å². The lowest BCUT2D eigenvalue weighted by atomic mass is 10.0. The van der Waals surface area contributed by atoms with Gasteiger partial charge in [0.2, 0.25) is 0 Å². The van der Waals surface area contributed by atoms with E-state index in [9.17, 15) is 4.79 Å². The van der Waals surface area contributed by atoms with Crippen molar-refractivity contribution in [1.29, 1.82) is 0 Å². The van der Waals surface area contributed by atoms with Gasteiger partial charge in [0.15, 0.2) is 11.6 Å². The van der Waals surface area contributed by atoms with Crippen molar-refractivity contribution in [2.45, 2.75) is 12.8 Å². The lowest BCUT2D eigenvalue weighted by Gasteiger charge is -2.13. The molecule has 0 aliphatic heterocycles. The van der Waals surface area contributed by atoms with Crippen molar-refractivity contribution in [3.05, 3.63) is 95.6 Å². The van der Waals surface area contributed by atoms with Crippen molar-refractivity contribution in [2.75, 3.05) is 0 Å². The molecular weight excluding hydrogens is 343 g/mol. The topological polar surface area (TPSA) is 65.2 Å².